The van der Waals surface area contributed by atoms with Gasteiger partial charge in [0.25, 0.3) is 0 Å². The highest BCUT2D eigenvalue weighted by atomic mass is 19.4. The predicted octanol–water partition coefficient (Wildman–Crippen LogP) is 4.98. The van der Waals surface area contributed by atoms with Gasteiger partial charge >= 0.3 is 6.36 Å². The Morgan fingerprint density at radius 2 is 2.06 bits per heavy atom. The molecule has 3 heterocycles. The van der Waals surface area contributed by atoms with E-state index in [-0.39, 0.29) is 25.0 Å². The molecule has 0 fully saturated rings. The van der Waals surface area contributed by atoms with Crippen molar-refractivity contribution in [1.82, 2.24) is 15.0 Å². The normalized spacial score (nSPS) is 15.8. The number of aliphatic hydroxyl groups is 1. The van der Waals surface area contributed by atoms with Gasteiger partial charge in [0, 0.05) is 12.3 Å². The largest absolute Gasteiger partial charge is 0.573 e. The number of anilines is 2. The van der Waals surface area contributed by atoms with Crippen molar-refractivity contribution in [3.8, 4) is 22.9 Å². The van der Waals surface area contributed by atoms with Crippen LogP contribution in [0.1, 0.15) is 12.5 Å². The minimum atomic E-state index is -4.78. The van der Waals surface area contributed by atoms with E-state index in [0.29, 0.717) is 39.7 Å². The summed E-state index contributed by atoms with van der Waals surface area (Å²) in [6.07, 6.45) is -2.11. The van der Waals surface area contributed by atoms with E-state index < -0.39 is 6.36 Å². The molecule has 34 heavy (non-hydrogen) atoms. The van der Waals surface area contributed by atoms with E-state index in [2.05, 4.69) is 26.6 Å². The second-order valence-electron chi connectivity index (χ2n) is 7.86. The fourth-order valence-electron chi connectivity index (χ4n) is 4.03. The summed E-state index contributed by atoms with van der Waals surface area (Å²) in [5.74, 6) is 1.32. The van der Waals surface area contributed by atoms with Crippen molar-refractivity contribution >= 4 is 22.5 Å². The minimum Gasteiger partial charge on any atom is -0.488 e. The molecule has 1 aliphatic rings. The van der Waals surface area contributed by atoms with Gasteiger partial charge in [0.2, 0.25) is 0 Å². The average Bonchev–Trinajstić information content (AvgIpc) is 3.25. The first-order valence-corrected chi connectivity index (χ1v) is 10.7. The van der Waals surface area contributed by atoms with Crippen molar-refractivity contribution in [3.05, 3.63) is 60.3 Å². The van der Waals surface area contributed by atoms with E-state index in [1.165, 1.54) is 18.2 Å². The van der Waals surface area contributed by atoms with E-state index in [0.717, 1.165) is 12.0 Å². The van der Waals surface area contributed by atoms with Gasteiger partial charge in [0.15, 0.2) is 5.75 Å². The lowest BCUT2D eigenvalue weighted by Crippen LogP contribution is -2.43. The summed E-state index contributed by atoms with van der Waals surface area (Å²) >= 11 is 0. The van der Waals surface area contributed by atoms with Gasteiger partial charge < -0.3 is 24.5 Å². The van der Waals surface area contributed by atoms with Gasteiger partial charge in [-0.15, -0.1) is 13.2 Å². The number of fused-ring (bicyclic) bond motifs is 2. The zero-order valence-electron chi connectivity index (χ0n) is 18.1. The summed E-state index contributed by atoms with van der Waals surface area (Å²) in [6, 6.07) is 13.0. The maximum absolute atomic E-state index is 12.6. The second-order valence-corrected chi connectivity index (χ2v) is 7.86. The van der Waals surface area contributed by atoms with E-state index in [1.54, 1.807) is 0 Å². The number of halogens is 3. The molecule has 2 aromatic carbocycles. The van der Waals surface area contributed by atoms with Crippen molar-refractivity contribution in [2.24, 2.45) is 0 Å². The molecule has 0 saturated heterocycles. The number of aromatic nitrogens is 3. The number of aromatic amines is 1. The van der Waals surface area contributed by atoms with Gasteiger partial charge in [-0.3, -0.25) is 0 Å². The summed E-state index contributed by atoms with van der Waals surface area (Å²) in [5.41, 5.74) is 3.33. The van der Waals surface area contributed by atoms with Crippen LogP contribution in [0.2, 0.25) is 0 Å². The average molecular weight is 470 g/mol. The Labute approximate surface area is 192 Å². The summed E-state index contributed by atoms with van der Waals surface area (Å²) in [7, 11) is 0. The molecule has 0 unspecified atom stereocenters. The molecule has 2 N–H and O–H groups in total. The second kappa shape index (κ2) is 8.53. The zero-order valence-corrected chi connectivity index (χ0v) is 18.1. The van der Waals surface area contributed by atoms with Crippen molar-refractivity contribution in [1.29, 1.82) is 0 Å². The summed E-state index contributed by atoms with van der Waals surface area (Å²) in [4.78, 5) is 14.1. The number of hydrogen-bond acceptors (Lipinski definition) is 6. The molecule has 10 heteroatoms. The number of alkyl halides is 3. The third-order valence-corrected chi connectivity index (χ3v) is 5.66. The number of aliphatic hydroxyl groups excluding tert-OH is 1. The molecule has 176 valence electrons. The number of benzene rings is 2. The van der Waals surface area contributed by atoms with Crippen LogP contribution < -0.4 is 14.4 Å². The van der Waals surface area contributed by atoms with Crippen molar-refractivity contribution < 1.29 is 27.8 Å². The maximum atomic E-state index is 12.6. The van der Waals surface area contributed by atoms with Crippen LogP contribution in [0.4, 0.5) is 24.7 Å². The Kier molecular flexibility index (Phi) is 5.52. The minimum absolute atomic E-state index is 0.131. The van der Waals surface area contributed by atoms with Crippen LogP contribution in [0.5, 0.6) is 11.5 Å². The van der Waals surface area contributed by atoms with Gasteiger partial charge in [-0.05, 0) is 42.3 Å². The highest BCUT2D eigenvalue weighted by molar-refractivity contribution is 5.85. The zero-order chi connectivity index (χ0) is 23.9. The third kappa shape index (κ3) is 4.12. The topological polar surface area (TPSA) is 83.5 Å². The van der Waals surface area contributed by atoms with Crippen molar-refractivity contribution in [2.75, 3.05) is 18.1 Å². The van der Waals surface area contributed by atoms with Crippen LogP contribution in [0.3, 0.4) is 0 Å². The van der Waals surface area contributed by atoms with E-state index >= 15 is 0 Å². The summed E-state index contributed by atoms with van der Waals surface area (Å²) < 4.78 is 47.8. The number of ether oxygens (including phenoxy) is 2. The number of hydrogen-bond donors (Lipinski definition) is 2. The Bertz CT molecular complexity index is 1320. The monoisotopic (exact) mass is 470 g/mol. The molecule has 2 aromatic heterocycles. The Morgan fingerprint density at radius 1 is 1.21 bits per heavy atom. The van der Waals surface area contributed by atoms with Gasteiger partial charge in [0.1, 0.15) is 24.0 Å². The molecule has 7 nitrogen and oxygen atoms in total. The smallest absolute Gasteiger partial charge is 0.488 e. The van der Waals surface area contributed by atoms with Crippen molar-refractivity contribution in [3.63, 3.8) is 0 Å². The molecule has 1 aliphatic heterocycles. The van der Waals surface area contributed by atoms with Crippen LogP contribution >= 0.6 is 0 Å². The SMILES string of the molecule is CCc1ccc(N2c3cccc(-c4nc5ccc(OC(F)(F)F)cc5[nH]4)c3OC[C@@H]2CO)nc1. The molecule has 1 atom stereocenters. The molecule has 5 rings (SSSR count). The fraction of sp³-hybridized carbons (Fsp3) is 0.250. The first-order chi connectivity index (χ1) is 16.4. The van der Waals surface area contributed by atoms with Crippen LogP contribution in [-0.4, -0.2) is 45.7 Å². The Balaban J connectivity index is 1.56. The Hall–Kier alpha value is -3.79. The van der Waals surface area contributed by atoms with Gasteiger partial charge in [-0.2, -0.15) is 0 Å². The molecule has 0 amide bonds. The molecule has 0 spiro atoms. The molecular formula is C24H21F3N4O3. The van der Waals surface area contributed by atoms with Gasteiger partial charge in [-0.1, -0.05) is 19.1 Å². The molecule has 0 aliphatic carbocycles. The van der Waals surface area contributed by atoms with Crippen LogP contribution in [0.15, 0.2) is 54.7 Å². The number of H-pyrrole nitrogens is 1. The van der Waals surface area contributed by atoms with Crippen LogP contribution in [0, 0.1) is 0 Å². The molecule has 0 saturated carbocycles. The molecular weight excluding hydrogens is 449 g/mol. The highest BCUT2D eigenvalue weighted by Crippen LogP contribution is 2.44. The summed E-state index contributed by atoms with van der Waals surface area (Å²) in [6.45, 7) is 2.14. The number of pyridine rings is 1. The standard InChI is InChI=1S/C24H21F3N4O3/c1-2-14-6-9-21(28-11-14)31-15(12-32)13-33-22-17(4-3-5-20(22)31)23-29-18-8-7-16(10-19(18)30-23)34-24(25,26)27/h3-11,15,32H,2,12-13H2,1H3,(H,29,30)/t15-/m0/s1. The number of rotatable bonds is 5. The highest BCUT2D eigenvalue weighted by Gasteiger charge is 2.32. The number of nitrogens with one attached hydrogen (secondary N) is 1. The van der Waals surface area contributed by atoms with Gasteiger partial charge in [-0.25, -0.2) is 9.97 Å². The lowest BCUT2D eigenvalue weighted by Gasteiger charge is -2.37. The summed E-state index contributed by atoms with van der Waals surface area (Å²) in [5, 5.41) is 9.98. The first-order valence-electron chi connectivity index (χ1n) is 10.7. The third-order valence-electron chi connectivity index (χ3n) is 5.66. The lowest BCUT2D eigenvalue weighted by atomic mass is 10.1. The fourth-order valence-corrected chi connectivity index (χ4v) is 4.03. The number of imidazole rings is 1. The predicted molar refractivity (Wildman–Crippen MR) is 120 cm³/mol. The van der Waals surface area contributed by atoms with Crippen LogP contribution in [-0.2, 0) is 6.42 Å². The van der Waals surface area contributed by atoms with E-state index in [4.69, 9.17) is 4.74 Å². The number of para-hydroxylation sites is 1. The first kappa shape index (κ1) is 22.0. The van der Waals surface area contributed by atoms with Gasteiger partial charge in [0.05, 0.1) is 34.9 Å². The number of aryl methyl sites for hydroxylation is 1. The molecule has 4 aromatic rings. The number of nitrogens with zero attached hydrogens (tertiary/aromatic N) is 3. The lowest BCUT2D eigenvalue weighted by molar-refractivity contribution is -0.274. The van der Waals surface area contributed by atoms with Crippen LogP contribution in [0.25, 0.3) is 22.4 Å². The van der Waals surface area contributed by atoms with E-state index in [9.17, 15) is 18.3 Å². The Morgan fingerprint density at radius 3 is 2.76 bits per heavy atom. The maximum Gasteiger partial charge on any atom is 0.573 e. The molecule has 0 bridgehead atoms. The quantitative estimate of drug-likeness (QED) is 0.428. The molecule has 0 radical (unpaired) electrons. The van der Waals surface area contributed by atoms with Crippen molar-refractivity contribution in [2.45, 2.75) is 25.7 Å². The van der Waals surface area contributed by atoms with E-state index in [1.807, 2.05) is 41.4 Å².